The fourth-order valence-electron chi connectivity index (χ4n) is 2.99. The minimum Gasteiger partial charge on any atom is -0.454 e. The van der Waals surface area contributed by atoms with Gasteiger partial charge in [0, 0.05) is 11.5 Å². The van der Waals surface area contributed by atoms with Crippen molar-refractivity contribution in [2.45, 2.75) is 13.8 Å². The van der Waals surface area contributed by atoms with Gasteiger partial charge in [0.25, 0.3) is 0 Å². The first-order chi connectivity index (χ1) is 12.1. The molecule has 4 heteroatoms. The Balaban J connectivity index is 1.79. The van der Waals surface area contributed by atoms with Crippen LogP contribution in [0.5, 0.6) is 11.5 Å². The number of aryl methyl sites for hydroxylation is 2. The van der Waals surface area contributed by atoms with E-state index in [2.05, 4.69) is 37.1 Å². The molecule has 0 fully saturated rings. The number of aromatic nitrogens is 2. The topological polar surface area (TPSA) is 27.1 Å². The normalized spacial score (nSPS) is 11.0. The van der Waals surface area contributed by atoms with Crippen molar-refractivity contribution in [1.29, 1.82) is 0 Å². The number of benzene rings is 3. The quantitative estimate of drug-likeness (QED) is 0.490. The molecule has 0 bridgehead atoms. The zero-order valence-electron chi connectivity index (χ0n) is 14.0. The van der Waals surface area contributed by atoms with Crippen LogP contribution in [0.25, 0.3) is 16.6 Å². The van der Waals surface area contributed by atoms with Crippen LogP contribution in [0.1, 0.15) is 11.1 Å². The molecule has 25 heavy (non-hydrogen) atoms. The van der Waals surface area contributed by atoms with Crippen LogP contribution in [0.3, 0.4) is 0 Å². The predicted molar refractivity (Wildman–Crippen MR) is 97.0 cm³/mol. The van der Waals surface area contributed by atoms with Crippen molar-refractivity contribution in [3.63, 3.8) is 0 Å². The highest BCUT2D eigenvalue weighted by atomic mass is 19.1. The molecule has 0 amide bonds. The van der Waals surface area contributed by atoms with Gasteiger partial charge >= 0.3 is 0 Å². The van der Waals surface area contributed by atoms with Gasteiger partial charge in [-0.25, -0.2) is 9.07 Å². The number of rotatable bonds is 3. The second kappa shape index (κ2) is 6.06. The van der Waals surface area contributed by atoms with Crippen molar-refractivity contribution >= 4 is 10.9 Å². The first-order valence-electron chi connectivity index (χ1n) is 8.09. The van der Waals surface area contributed by atoms with Crippen LogP contribution < -0.4 is 4.74 Å². The molecule has 0 atom stereocenters. The zero-order valence-corrected chi connectivity index (χ0v) is 14.0. The van der Waals surface area contributed by atoms with Gasteiger partial charge in [0.15, 0.2) is 11.6 Å². The smallest absolute Gasteiger partial charge is 0.165 e. The summed E-state index contributed by atoms with van der Waals surface area (Å²) in [6, 6.07) is 18.3. The van der Waals surface area contributed by atoms with Crippen LogP contribution in [-0.2, 0) is 0 Å². The molecule has 0 aliphatic heterocycles. The maximum atomic E-state index is 13.8. The minimum absolute atomic E-state index is 0.208. The molecule has 124 valence electrons. The summed E-state index contributed by atoms with van der Waals surface area (Å²) in [4.78, 5) is 0. The Morgan fingerprint density at radius 2 is 1.68 bits per heavy atom. The number of halogens is 1. The molecule has 0 radical (unpaired) electrons. The molecular weight excluding hydrogens is 315 g/mol. The number of fused-ring (bicyclic) bond motifs is 1. The lowest BCUT2D eigenvalue weighted by atomic mass is 10.1. The van der Waals surface area contributed by atoms with Crippen LogP contribution in [-0.4, -0.2) is 9.78 Å². The Labute approximate surface area is 145 Å². The summed E-state index contributed by atoms with van der Waals surface area (Å²) in [5, 5.41) is 5.50. The Morgan fingerprint density at radius 1 is 0.920 bits per heavy atom. The third-order valence-electron chi connectivity index (χ3n) is 4.06. The number of para-hydroxylation sites is 1. The second-order valence-corrected chi connectivity index (χ2v) is 6.16. The molecule has 3 nitrogen and oxygen atoms in total. The molecule has 1 heterocycles. The van der Waals surface area contributed by atoms with Gasteiger partial charge in [-0.1, -0.05) is 18.2 Å². The van der Waals surface area contributed by atoms with Gasteiger partial charge in [-0.05, 0) is 61.4 Å². The van der Waals surface area contributed by atoms with Crippen LogP contribution in [0.4, 0.5) is 4.39 Å². The molecule has 0 saturated heterocycles. The fourth-order valence-corrected chi connectivity index (χ4v) is 2.99. The van der Waals surface area contributed by atoms with E-state index in [1.54, 1.807) is 18.2 Å². The molecule has 4 aromatic rings. The van der Waals surface area contributed by atoms with Crippen molar-refractivity contribution in [2.24, 2.45) is 0 Å². The van der Waals surface area contributed by atoms with Crippen LogP contribution in [0.15, 0.2) is 66.9 Å². The van der Waals surface area contributed by atoms with Crippen molar-refractivity contribution in [2.75, 3.05) is 0 Å². The highest BCUT2D eigenvalue weighted by Gasteiger charge is 2.09. The summed E-state index contributed by atoms with van der Waals surface area (Å²) in [6.07, 6.45) is 1.82. The van der Waals surface area contributed by atoms with Crippen LogP contribution in [0.2, 0.25) is 0 Å². The van der Waals surface area contributed by atoms with Gasteiger partial charge in [0.05, 0.1) is 17.4 Å². The highest BCUT2D eigenvalue weighted by Crippen LogP contribution is 2.28. The number of nitrogens with zero attached hydrogens (tertiary/aromatic N) is 2. The Bertz CT molecular complexity index is 1050. The van der Waals surface area contributed by atoms with E-state index in [0.717, 1.165) is 16.6 Å². The number of hydrogen-bond acceptors (Lipinski definition) is 2. The standard InChI is InChI=1S/C21H17FN2O/c1-14-9-15(2)11-17(10-14)24-20-12-18(8-7-16(20)13-23-24)25-21-6-4-3-5-19(21)22/h3-13H,1-2H3. The summed E-state index contributed by atoms with van der Waals surface area (Å²) in [5.41, 5.74) is 4.27. The van der Waals surface area contributed by atoms with Gasteiger partial charge in [-0.2, -0.15) is 5.10 Å². The van der Waals surface area contributed by atoms with Gasteiger partial charge in [-0.15, -0.1) is 0 Å². The van der Waals surface area contributed by atoms with E-state index in [0.29, 0.717) is 5.75 Å². The third kappa shape index (κ3) is 2.98. The third-order valence-corrected chi connectivity index (χ3v) is 4.06. The second-order valence-electron chi connectivity index (χ2n) is 6.16. The Morgan fingerprint density at radius 3 is 2.44 bits per heavy atom. The van der Waals surface area contributed by atoms with E-state index in [9.17, 15) is 4.39 Å². The van der Waals surface area contributed by atoms with Crippen LogP contribution in [0, 0.1) is 19.7 Å². The summed E-state index contributed by atoms with van der Waals surface area (Å²) >= 11 is 0. The van der Waals surface area contributed by atoms with E-state index in [-0.39, 0.29) is 11.6 Å². The van der Waals surface area contributed by atoms with E-state index in [1.807, 2.05) is 29.1 Å². The van der Waals surface area contributed by atoms with Crippen molar-refractivity contribution < 1.29 is 9.13 Å². The number of hydrogen-bond donors (Lipinski definition) is 0. The fraction of sp³-hybridized carbons (Fsp3) is 0.0952. The minimum atomic E-state index is -0.384. The Kier molecular flexibility index (Phi) is 3.73. The number of ether oxygens (including phenoxy) is 1. The summed E-state index contributed by atoms with van der Waals surface area (Å²) in [6.45, 7) is 4.13. The maximum Gasteiger partial charge on any atom is 0.165 e. The lowest BCUT2D eigenvalue weighted by molar-refractivity contribution is 0.442. The van der Waals surface area contributed by atoms with Crippen molar-refractivity contribution in [3.05, 3.63) is 83.8 Å². The largest absolute Gasteiger partial charge is 0.454 e. The lowest BCUT2D eigenvalue weighted by Gasteiger charge is -2.09. The summed E-state index contributed by atoms with van der Waals surface area (Å²) < 4.78 is 21.4. The van der Waals surface area contributed by atoms with Gasteiger partial charge < -0.3 is 4.74 Å². The molecule has 0 saturated carbocycles. The molecule has 0 N–H and O–H groups in total. The molecule has 0 spiro atoms. The first kappa shape index (κ1) is 15.4. The lowest BCUT2D eigenvalue weighted by Crippen LogP contribution is -1.97. The van der Waals surface area contributed by atoms with Crippen LogP contribution >= 0.6 is 0 Å². The molecule has 4 rings (SSSR count). The monoisotopic (exact) mass is 332 g/mol. The summed E-state index contributed by atoms with van der Waals surface area (Å²) in [7, 11) is 0. The van der Waals surface area contributed by atoms with Crippen molar-refractivity contribution in [1.82, 2.24) is 9.78 Å². The Hall–Kier alpha value is -3.14. The molecular formula is C21H17FN2O. The average Bonchev–Trinajstić information content (AvgIpc) is 2.99. The molecule has 0 aliphatic carbocycles. The van der Waals surface area contributed by atoms with E-state index >= 15 is 0 Å². The first-order valence-corrected chi connectivity index (χ1v) is 8.09. The zero-order chi connectivity index (χ0) is 17.4. The molecule has 3 aromatic carbocycles. The molecule has 1 aromatic heterocycles. The summed E-state index contributed by atoms with van der Waals surface area (Å²) in [5.74, 6) is 0.397. The van der Waals surface area contributed by atoms with Gasteiger partial charge in [0.1, 0.15) is 5.75 Å². The van der Waals surface area contributed by atoms with Crippen molar-refractivity contribution in [3.8, 4) is 17.2 Å². The predicted octanol–water partition coefficient (Wildman–Crippen LogP) is 5.57. The van der Waals surface area contributed by atoms with E-state index in [4.69, 9.17) is 4.74 Å². The van der Waals surface area contributed by atoms with Gasteiger partial charge in [0.2, 0.25) is 0 Å². The average molecular weight is 332 g/mol. The van der Waals surface area contributed by atoms with E-state index < -0.39 is 0 Å². The highest BCUT2D eigenvalue weighted by molar-refractivity contribution is 5.82. The maximum absolute atomic E-state index is 13.8. The molecule has 0 aliphatic rings. The molecule has 0 unspecified atom stereocenters. The van der Waals surface area contributed by atoms with E-state index in [1.165, 1.54) is 17.2 Å². The van der Waals surface area contributed by atoms with Gasteiger partial charge in [-0.3, -0.25) is 0 Å². The SMILES string of the molecule is Cc1cc(C)cc(-n2ncc3ccc(Oc4ccccc4F)cc32)c1.